The second-order valence-electron chi connectivity index (χ2n) is 3.00. The lowest BCUT2D eigenvalue weighted by molar-refractivity contribution is 0.429. The third-order valence-electron chi connectivity index (χ3n) is 2.16. The fourth-order valence-electron chi connectivity index (χ4n) is 1.49. The first kappa shape index (κ1) is 10.3. The number of hydrogen-bond acceptors (Lipinski definition) is 2. The molecule has 0 spiro atoms. The quantitative estimate of drug-likeness (QED) is 0.672. The number of phenolic OH excluding ortho intramolecular Hbond substituents is 1. The average Bonchev–Trinajstić information content (AvgIpc) is 2.07. The van der Waals surface area contributed by atoms with E-state index in [4.69, 9.17) is 5.11 Å². The molecule has 0 fully saturated rings. The highest BCUT2D eigenvalue weighted by atomic mass is 35.5. The molecule has 1 heterocycles. The Labute approximate surface area is 82.2 Å². The molecule has 2 rings (SSSR count). The minimum atomic E-state index is -0.518. The summed E-state index contributed by atoms with van der Waals surface area (Å²) in [5, 5.41) is 12.2. The van der Waals surface area contributed by atoms with Crippen LogP contribution in [0.25, 0.3) is 0 Å². The van der Waals surface area contributed by atoms with Gasteiger partial charge in [-0.25, -0.2) is 4.39 Å². The molecule has 0 amide bonds. The van der Waals surface area contributed by atoms with Crippen LogP contribution < -0.4 is 5.32 Å². The summed E-state index contributed by atoms with van der Waals surface area (Å²) in [6, 6.07) is 2.92. The van der Waals surface area contributed by atoms with E-state index in [1.165, 1.54) is 12.1 Å². The van der Waals surface area contributed by atoms with E-state index >= 15 is 0 Å². The number of nitrogens with one attached hydrogen (secondary N) is 1. The Kier molecular flexibility index (Phi) is 3.12. The molecule has 2 nitrogen and oxygen atoms in total. The second-order valence-corrected chi connectivity index (χ2v) is 3.00. The summed E-state index contributed by atoms with van der Waals surface area (Å²) in [6.45, 7) is 1.61. The van der Waals surface area contributed by atoms with E-state index < -0.39 is 5.82 Å². The van der Waals surface area contributed by atoms with Gasteiger partial charge in [0, 0.05) is 6.54 Å². The summed E-state index contributed by atoms with van der Waals surface area (Å²) in [5.74, 6) is -0.770. The number of benzene rings is 1. The molecule has 0 aromatic heterocycles. The lowest BCUT2D eigenvalue weighted by Gasteiger charge is -2.16. The van der Waals surface area contributed by atoms with Crippen molar-refractivity contribution in [3.05, 3.63) is 29.1 Å². The van der Waals surface area contributed by atoms with Crippen molar-refractivity contribution in [2.24, 2.45) is 0 Å². The fourth-order valence-corrected chi connectivity index (χ4v) is 1.49. The third-order valence-corrected chi connectivity index (χ3v) is 2.16. The molecule has 1 aliphatic heterocycles. The maximum atomic E-state index is 12.8. The van der Waals surface area contributed by atoms with Crippen LogP contribution in [0.4, 0.5) is 4.39 Å². The van der Waals surface area contributed by atoms with Crippen LogP contribution in [-0.4, -0.2) is 11.7 Å². The van der Waals surface area contributed by atoms with E-state index in [1.54, 1.807) is 0 Å². The van der Waals surface area contributed by atoms with Gasteiger partial charge in [-0.15, -0.1) is 12.4 Å². The van der Waals surface area contributed by atoms with Gasteiger partial charge in [-0.3, -0.25) is 0 Å². The van der Waals surface area contributed by atoms with E-state index in [1.807, 2.05) is 0 Å². The number of hydrogen-bond donors (Lipinski definition) is 2. The smallest absolute Gasteiger partial charge is 0.165 e. The van der Waals surface area contributed by atoms with Crippen LogP contribution in [0.3, 0.4) is 0 Å². The van der Waals surface area contributed by atoms with Crippen molar-refractivity contribution in [2.75, 3.05) is 6.54 Å². The molecular weight excluding hydrogens is 193 g/mol. The zero-order valence-corrected chi connectivity index (χ0v) is 7.83. The van der Waals surface area contributed by atoms with Gasteiger partial charge < -0.3 is 10.4 Å². The molecule has 0 radical (unpaired) electrons. The molecule has 1 aromatic carbocycles. The number of aromatic hydroxyl groups is 1. The Balaban J connectivity index is 0.000000845. The predicted octanol–water partition coefficient (Wildman–Crippen LogP) is 1.60. The normalized spacial score (nSPS) is 14.5. The van der Waals surface area contributed by atoms with Crippen molar-refractivity contribution < 1.29 is 9.50 Å². The van der Waals surface area contributed by atoms with Crippen molar-refractivity contribution in [1.29, 1.82) is 0 Å². The zero-order valence-electron chi connectivity index (χ0n) is 7.01. The van der Waals surface area contributed by atoms with Gasteiger partial charge in [-0.05, 0) is 36.2 Å². The number of halogens is 2. The van der Waals surface area contributed by atoms with E-state index in [0.29, 0.717) is 0 Å². The topological polar surface area (TPSA) is 32.3 Å². The van der Waals surface area contributed by atoms with E-state index in [-0.39, 0.29) is 18.2 Å². The average molecular weight is 204 g/mol. The van der Waals surface area contributed by atoms with Crippen molar-refractivity contribution in [1.82, 2.24) is 5.32 Å². The van der Waals surface area contributed by atoms with E-state index in [9.17, 15) is 4.39 Å². The van der Waals surface area contributed by atoms with Gasteiger partial charge in [0.15, 0.2) is 11.6 Å². The van der Waals surface area contributed by atoms with Crippen LogP contribution in [0.2, 0.25) is 0 Å². The van der Waals surface area contributed by atoms with Gasteiger partial charge in [0.05, 0.1) is 0 Å². The summed E-state index contributed by atoms with van der Waals surface area (Å²) < 4.78 is 12.8. The minimum Gasteiger partial charge on any atom is -0.505 e. The zero-order chi connectivity index (χ0) is 8.55. The maximum Gasteiger partial charge on any atom is 0.165 e. The highest BCUT2D eigenvalue weighted by Gasteiger charge is 2.11. The van der Waals surface area contributed by atoms with E-state index in [2.05, 4.69) is 5.32 Å². The lowest BCUT2D eigenvalue weighted by atomic mass is 10.0. The first-order valence-corrected chi connectivity index (χ1v) is 3.98. The van der Waals surface area contributed by atoms with Gasteiger partial charge in [0.25, 0.3) is 0 Å². The molecule has 72 valence electrons. The fraction of sp³-hybridized carbons (Fsp3) is 0.333. The van der Waals surface area contributed by atoms with Gasteiger partial charge in [-0.1, -0.05) is 0 Å². The van der Waals surface area contributed by atoms with Crippen LogP contribution in [0.1, 0.15) is 11.1 Å². The number of fused-ring (bicyclic) bond motifs is 1. The van der Waals surface area contributed by atoms with Crippen LogP contribution in [-0.2, 0) is 13.0 Å². The maximum absolute atomic E-state index is 12.8. The number of rotatable bonds is 0. The lowest BCUT2D eigenvalue weighted by Crippen LogP contribution is -2.23. The molecule has 0 saturated carbocycles. The molecule has 0 saturated heterocycles. The highest BCUT2D eigenvalue weighted by molar-refractivity contribution is 5.85. The Hall–Kier alpha value is -0.800. The molecular formula is C9H11ClFNO. The second kappa shape index (κ2) is 3.94. The SMILES string of the molecule is Cl.Oc1cc2c(cc1F)CCNC2. The van der Waals surface area contributed by atoms with Crippen molar-refractivity contribution >= 4 is 12.4 Å². The predicted molar refractivity (Wildman–Crippen MR) is 50.7 cm³/mol. The molecule has 13 heavy (non-hydrogen) atoms. The van der Waals surface area contributed by atoms with Gasteiger partial charge in [-0.2, -0.15) is 0 Å². The Morgan fingerprint density at radius 2 is 2.08 bits per heavy atom. The molecule has 1 aliphatic rings. The van der Waals surface area contributed by atoms with Crippen molar-refractivity contribution in [3.63, 3.8) is 0 Å². The van der Waals surface area contributed by atoms with Crippen molar-refractivity contribution in [3.8, 4) is 5.75 Å². The molecule has 4 heteroatoms. The van der Waals surface area contributed by atoms with E-state index in [0.717, 1.165) is 30.6 Å². The standard InChI is InChI=1S/C9H10FNO.ClH/c10-8-3-6-1-2-11-5-7(6)4-9(8)12;/h3-4,11-12H,1-2,5H2;1H. The van der Waals surface area contributed by atoms with Crippen LogP contribution in [0.15, 0.2) is 12.1 Å². The Morgan fingerprint density at radius 1 is 1.31 bits per heavy atom. The highest BCUT2D eigenvalue weighted by Crippen LogP contribution is 2.22. The molecule has 1 aromatic rings. The van der Waals surface area contributed by atoms with Crippen LogP contribution in [0.5, 0.6) is 5.75 Å². The number of phenols is 1. The minimum absolute atomic E-state index is 0. The summed E-state index contributed by atoms with van der Waals surface area (Å²) in [5.41, 5.74) is 2.00. The largest absolute Gasteiger partial charge is 0.505 e. The molecule has 0 unspecified atom stereocenters. The summed E-state index contributed by atoms with van der Waals surface area (Å²) in [7, 11) is 0. The van der Waals surface area contributed by atoms with Gasteiger partial charge >= 0.3 is 0 Å². The molecule has 0 atom stereocenters. The molecule has 2 N–H and O–H groups in total. The van der Waals surface area contributed by atoms with Gasteiger partial charge in [0.1, 0.15) is 0 Å². The monoisotopic (exact) mass is 203 g/mol. The first-order chi connectivity index (χ1) is 5.77. The van der Waals surface area contributed by atoms with Crippen LogP contribution in [0, 0.1) is 5.82 Å². The Morgan fingerprint density at radius 3 is 2.85 bits per heavy atom. The first-order valence-electron chi connectivity index (χ1n) is 3.98. The van der Waals surface area contributed by atoms with Crippen molar-refractivity contribution in [2.45, 2.75) is 13.0 Å². The summed E-state index contributed by atoms with van der Waals surface area (Å²) >= 11 is 0. The van der Waals surface area contributed by atoms with Gasteiger partial charge in [0.2, 0.25) is 0 Å². The molecule has 0 aliphatic carbocycles. The molecule has 0 bridgehead atoms. The van der Waals surface area contributed by atoms with Crippen LogP contribution >= 0.6 is 12.4 Å². The summed E-state index contributed by atoms with van der Waals surface area (Å²) in [6.07, 6.45) is 0.840. The summed E-state index contributed by atoms with van der Waals surface area (Å²) in [4.78, 5) is 0. The third kappa shape index (κ3) is 1.92. The Bertz CT molecular complexity index is 286.